The molecular weight excluding hydrogens is 336 g/mol. The van der Waals surface area contributed by atoms with Crippen molar-refractivity contribution >= 4 is 17.3 Å². The van der Waals surface area contributed by atoms with Crippen LogP contribution in [0.5, 0.6) is 0 Å². The van der Waals surface area contributed by atoms with Gasteiger partial charge in [-0.05, 0) is 49.1 Å². The normalized spacial score (nSPS) is 17.0. The number of nitrogens with one attached hydrogen (secondary N) is 2. The van der Waals surface area contributed by atoms with Crippen molar-refractivity contribution in [3.05, 3.63) is 34.0 Å². The number of hydrogen-bond acceptors (Lipinski definition) is 5. The number of thiophene rings is 1. The fraction of sp³-hybridized carbons (Fsp3) is 0.588. The fourth-order valence-electron chi connectivity index (χ4n) is 2.91. The Bertz CT molecular complexity index is 707. The van der Waals surface area contributed by atoms with Crippen LogP contribution in [-0.4, -0.2) is 38.9 Å². The Morgan fingerprint density at radius 2 is 2.28 bits per heavy atom. The maximum absolute atomic E-state index is 10.6. The Morgan fingerprint density at radius 1 is 1.40 bits per heavy atom. The van der Waals surface area contributed by atoms with Crippen LogP contribution < -0.4 is 10.6 Å². The van der Waals surface area contributed by atoms with E-state index in [0.717, 1.165) is 36.7 Å². The van der Waals surface area contributed by atoms with E-state index in [2.05, 4.69) is 30.4 Å². The zero-order valence-corrected chi connectivity index (χ0v) is 15.6. The summed E-state index contributed by atoms with van der Waals surface area (Å²) in [6.45, 7) is 6.42. The number of guanidine groups is 1. The molecule has 2 aromatic heterocycles. The summed E-state index contributed by atoms with van der Waals surface area (Å²) in [4.78, 5) is 4.61. The minimum Gasteiger partial charge on any atom is -0.384 e. The van der Waals surface area contributed by atoms with Gasteiger partial charge in [0, 0.05) is 19.5 Å². The van der Waals surface area contributed by atoms with Gasteiger partial charge in [0.1, 0.15) is 18.0 Å². The number of hydrogen-bond donors (Lipinski definition) is 3. The van der Waals surface area contributed by atoms with Crippen molar-refractivity contribution in [1.29, 1.82) is 0 Å². The molecule has 0 fully saturated rings. The van der Waals surface area contributed by atoms with Crippen LogP contribution in [-0.2, 0) is 25.1 Å². The third kappa shape index (κ3) is 4.38. The van der Waals surface area contributed by atoms with E-state index in [9.17, 15) is 5.11 Å². The van der Waals surface area contributed by atoms with E-state index in [1.807, 2.05) is 23.8 Å². The molecule has 0 aliphatic carbocycles. The molecule has 1 aliphatic heterocycles. The van der Waals surface area contributed by atoms with Gasteiger partial charge < -0.3 is 20.3 Å². The average Bonchev–Trinajstić information content (AvgIpc) is 3.28. The quantitative estimate of drug-likeness (QED) is 0.537. The summed E-state index contributed by atoms with van der Waals surface area (Å²) < 4.78 is 2.18. The van der Waals surface area contributed by atoms with Crippen molar-refractivity contribution in [3.63, 3.8) is 0 Å². The molecule has 3 N–H and O–H groups in total. The molecule has 2 aromatic rings. The lowest BCUT2D eigenvalue weighted by Gasteiger charge is -2.24. The maximum atomic E-state index is 10.6. The van der Waals surface area contributed by atoms with Gasteiger partial charge in [-0.1, -0.05) is 0 Å². The molecule has 0 saturated heterocycles. The van der Waals surface area contributed by atoms with Gasteiger partial charge in [0.25, 0.3) is 0 Å². The number of aromatic nitrogens is 3. The highest BCUT2D eigenvalue weighted by Crippen LogP contribution is 2.22. The molecule has 0 radical (unpaired) electrons. The Kier molecular flexibility index (Phi) is 5.70. The van der Waals surface area contributed by atoms with Gasteiger partial charge in [0.2, 0.25) is 0 Å². The first-order valence-electron chi connectivity index (χ1n) is 8.78. The van der Waals surface area contributed by atoms with Gasteiger partial charge in [-0.15, -0.1) is 10.2 Å². The first-order valence-corrected chi connectivity index (χ1v) is 9.72. The predicted molar refractivity (Wildman–Crippen MR) is 99.7 cm³/mol. The summed E-state index contributed by atoms with van der Waals surface area (Å²) in [7, 11) is 0. The SMILES string of the molecule is CCNC(=NCc1nnc2n1CCCC2)NCC(C)(O)c1ccsc1. The molecule has 136 valence electrons. The molecule has 0 bridgehead atoms. The second-order valence-corrected chi connectivity index (χ2v) is 7.26. The minimum atomic E-state index is -0.940. The van der Waals surface area contributed by atoms with Crippen LogP contribution in [0.4, 0.5) is 0 Å². The average molecular weight is 363 g/mol. The zero-order valence-electron chi connectivity index (χ0n) is 14.8. The molecule has 0 amide bonds. The zero-order chi connectivity index (χ0) is 17.7. The summed E-state index contributed by atoms with van der Waals surface area (Å²) in [5.41, 5.74) is -0.0307. The molecule has 0 aromatic carbocycles. The van der Waals surface area contributed by atoms with E-state index >= 15 is 0 Å². The van der Waals surface area contributed by atoms with Crippen molar-refractivity contribution in [2.45, 2.75) is 51.8 Å². The van der Waals surface area contributed by atoms with Gasteiger partial charge in [-0.3, -0.25) is 0 Å². The third-order valence-corrected chi connectivity index (χ3v) is 5.09. The Labute approximate surface area is 152 Å². The second-order valence-electron chi connectivity index (χ2n) is 6.48. The van der Waals surface area contributed by atoms with Gasteiger partial charge in [0.05, 0.1) is 6.54 Å². The number of fused-ring (bicyclic) bond motifs is 1. The molecule has 1 unspecified atom stereocenters. The lowest BCUT2D eigenvalue weighted by atomic mass is 9.99. The highest BCUT2D eigenvalue weighted by atomic mass is 32.1. The second kappa shape index (κ2) is 7.97. The van der Waals surface area contributed by atoms with Crippen molar-refractivity contribution in [1.82, 2.24) is 25.4 Å². The van der Waals surface area contributed by atoms with E-state index in [1.165, 1.54) is 12.8 Å². The fourth-order valence-corrected chi connectivity index (χ4v) is 3.69. The van der Waals surface area contributed by atoms with Crippen LogP contribution >= 0.6 is 11.3 Å². The molecule has 1 atom stereocenters. The molecule has 7 nitrogen and oxygen atoms in total. The number of nitrogens with zero attached hydrogens (tertiary/aromatic N) is 4. The molecule has 25 heavy (non-hydrogen) atoms. The van der Waals surface area contributed by atoms with E-state index in [0.29, 0.717) is 19.0 Å². The first kappa shape index (κ1) is 17.9. The van der Waals surface area contributed by atoms with Gasteiger partial charge in [-0.2, -0.15) is 11.3 Å². The summed E-state index contributed by atoms with van der Waals surface area (Å²) in [6.07, 6.45) is 3.35. The molecule has 0 spiro atoms. The number of aliphatic hydroxyl groups is 1. The van der Waals surface area contributed by atoms with Gasteiger partial charge in [-0.25, -0.2) is 4.99 Å². The van der Waals surface area contributed by atoms with Crippen molar-refractivity contribution in [2.75, 3.05) is 13.1 Å². The van der Waals surface area contributed by atoms with Crippen molar-refractivity contribution in [3.8, 4) is 0 Å². The van der Waals surface area contributed by atoms with Crippen LogP contribution in [0.25, 0.3) is 0 Å². The number of aryl methyl sites for hydroxylation is 1. The lowest BCUT2D eigenvalue weighted by molar-refractivity contribution is 0.0621. The molecule has 1 aliphatic rings. The Hall–Kier alpha value is -1.93. The molecular formula is C17H26N6OS. The van der Waals surface area contributed by atoms with Gasteiger partial charge in [0.15, 0.2) is 11.8 Å². The monoisotopic (exact) mass is 362 g/mol. The van der Waals surface area contributed by atoms with Crippen LogP contribution in [0.15, 0.2) is 21.8 Å². The maximum Gasteiger partial charge on any atom is 0.191 e. The largest absolute Gasteiger partial charge is 0.384 e. The summed E-state index contributed by atoms with van der Waals surface area (Å²) >= 11 is 1.58. The van der Waals surface area contributed by atoms with E-state index < -0.39 is 5.60 Å². The Balaban J connectivity index is 1.64. The Morgan fingerprint density at radius 3 is 3.04 bits per heavy atom. The first-order chi connectivity index (χ1) is 12.1. The molecule has 0 saturated carbocycles. The number of aliphatic imine (C=N–C) groups is 1. The van der Waals surface area contributed by atoms with E-state index in [-0.39, 0.29) is 0 Å². The highest BCUT2D eigenvalue weighted by Gasteiger charge is 2.23. The van der Waals surface area contributed by atoms with Crippen LogP contribution in [0, 0.1) is 0 Å². The minimum absolute atomic E-state index is 0.382. The third-order valence-electron chi connectivity index (χ3n) is 4.40. The smallest absolute Gasteiger partial charge is 0.191 e. The topological polar surface area (TPSA) is 87.4 Å². The van der Waals surface area contributed by atoms with Crippen LogP contribution in [0.3, 0.4) is 0 Å². The molecule has 8 heteroatoms. The number of rotatable bonds is 6. The standard InChI is InChI=1S/C17H26N6OS/c1-3-18-16(20-12-17(2,24)13-7-9-25-11-13)19-10-15-22-21-14-6-4-5-8-23(14)15/h7,9,11,24H,3-6,8,10,12H2,1-2H3,(H2,18,19,20). The van der Waals surface area contributed by atoms with E-state index in [1.54, 1.807) is 18.3 Å². The van der Waals surface area contributed by atoms with Crippen LogP contribution in [0.2, 0.25) is 0 Å². The molecule has 3 heterocycles. The van der Waals surface area contributed by atoms with Crippen molar-refractivity contribution in [2.24, 2.45) is 4.99 Å². The highest BCUT2D eigenvalue weighted by molar-refractivity contribution is 7.08. The van der Waals surface area contributed by atoms with Crippen LogP contribution in [0.1, 0.15) is 43.9 Å². The summed E-state index contributed by atoms with van der Waals surface area (Å²) in [5, 5.41) is 29.6. The summed E-state index contributed by atoms with van der Waals surface area (Å²) in [6, 6.07) is 1.94. The predicted octanol–water partition coefficient (Wildman–Crippen LogP) is 1.64. The van der Waals surface area contributed by atoms with Gasteiger partial charge >= 0.3 is 0 Å². The van der Waals surface area contributed by atoms with Crippen molar-refractivity contribution < 1.29 is 5.11 Å². The summed E-state index contributed by atoms with van der Waals surface area (Å²) in [5.74, 6) is 2.64. The lowest BCUT2D eigenvalue weighted by Crippen LogP contribution is -2.44. The molecule has 3 rings (SSSR count). The van der Waals surface area contributed by atoms with E-state index in [4.69, 9.17) is 0 Å².